The molecule has 0 aromatic heterocycles. The Labute approximate surface area is 218 Å². The molecule has 3 heteroatoms. The summed E-state index contributed by atoms with van der Waals surface area (Å²) in [5, 5.41) is 30.6. The minimum atomic E-state index is -1.07. The molecule has 0 heterocycles. The second kappa shape index (κ2) is 9.39. The molecule has 0 bridgehead atoms. The highest BCUT2D eigenvalue weighted by Crippen LogP contribution is 2.48. The highest BCUT2D eigenvalue weighted by molar-refractivity contribution is 7.80. The van der Waals surface area contributed by atoms with Gasteiger partial charge in [0.25, 0.3) is 0 Å². The summed E-state index contributed by atoms with van der Waals surface area (Å²) in [6.07, 6.45) is 0. The topological polar surface area (TPSA) is 40.5 Å². The largest absolute Gasteiger partial charge is 0.507 e. The van der Waals surface area contributed by atoms with Crippen molar-refractivity contribution in [3.05, 3.63) is 126 Å². The van der Waals surface area contributed by atoms with Crippen LogP contribution in [-0.4, -0.2) is 10.2 Å². The van der Waals surface area contributed by atoms with Crippen molar-refractivity contribution >= 4 is 45.4 Å². The number of aryl methyl sites for hydroxylation is 2. The highest BCUT2D eigenvalue weighted by atomic mass is 31.1. The Morgan fingerprint density at radius 2 is 1.00 bits per heavy atom. The summed E-state index contributed by atoms with van der Waals surface area (Å²) < 4.78 is 0. The number of rotatable bonds is 4. The smallest absolute Gasteiger partial charge is 0.132 e. The molecule has 0 saturated carbocycles. The van der Waals surface area contributed by atoms with Crippen molar-refractivity contribution in [2.75, 3.05) is 0 Å². The third kappa shape index (κ3) is 3.95. The van der Waals surface area contributed by atoms with Crippen molar-refractivity contribution in [1.82, 2.24) is 0 Å². The van der Waals surface area contributed by atoms with Gasteiger partial charge in [0.05, 0.1) is 0 Å². The van der Waals surface area contributed by atoms with Crippen LogP contribution >= 0.6 is 7.92 Å². The van der Waals surface area contributed by atoms with Crippen molar-refractivity contribution in [1.29, 1.82) is 0 Å². The molecule has 180 valence electrons. The van der Waals surface area contributed by atoms with Gasteiger partial charge in [-0.05, 0) is 77.2 Å². The summed E-state index contributed by atoms with van der Waals surface area (Å²) in [6, 6.07) is 38.8. The molecule has 0 radical (unpaired) electrons. The molecule has 0 saturated heterocycles. The molecule has 0 aliphatic rings. The second-order valence-electron chi connectivity index (χ2n) is 9.43. The standard InChI is InChI=1S/C34H27O2P/c1-22-11-3-9-17-29(22)37(30-18-10-4-12-23(30)2)31-21-25-14-6-8-16-27(25)33(34(31)36)32-26-15-7-5-13-24(26)19-20-28(32)35/h3-21,35-36H,1-2H3. The first-order chi connectivity index (χ1) is 18.0. The summed E-state index contributed by atoms with van der Waals surface area (Å²) >= 11 is 0. The minimum absolute atomic E-state index is 0.160. The van der Waals surface area contributed by atoms with Gasteiger partial charge in [-0.15, -0.1) is 0 Å². The fourth-order valence-corrected chi connectivity index (χ4v) is 7.98. The van der Waals surface area contributed by atoms with Crippen LogP contribution in [0.3, 0.4) is 0 Å². The molecule has 2 nitrogen and oxygen atoms in total. The van der Waals surface area contributed by atoms with Gasteiger partial charge in [-0.1, -0.05) is 103 Å². The van der Waals surface area contributed by atoms with E-state index in [1.807, 2.05) is 48.5 Å². The van der Waals surface area contributed by atoms with E-state index in [1.165, 1.54) is 21.7 Å². The molecule has 2 N–H and O–H groups in total. The van der Waals surface area contributed by atoms with E-state index in [9.17, 15) is 10.2 Å². The molecule has 0 unspecified atom stereocenters. The SMILES string of the molecule is Cc1ccccc1P(c1ccccc1C)c1cc2ccccc2c(-c2c(O)ccc3ccccc23)c1O. The molecule has 0 amide bonds. The van der Waals surface area contributed by atoms with Gasteiger partial charge in [0.2, 0.25) is 0 Å². The molecular formula is C34H27O2P. The minimum Gasteiger partial charge on any atom is -0.507 e. The van der Waals surface area contributed by atoms with Gasteiger partial charge in [0.1, 0.15) is 11.5 Å². The molecule has 0 aliphatic carbocycles. The van der Waals surface area contributed by atoms with E-state index >= 15 is 0 Å². The molecule has 37 heavy (non-hydrogen) atoms. The van der Waals surface area contributed by atoms with Crippen LogP contribution in [-0.2, 0) is 0 Å². The maximum atomic E-state index is 12.2. The molecule has 6 rings (SSSR count). The van der Waals surface area contributed by atoms with E-state index in [-0.39, 0.29) is 11.5 Å². The van der Waals surface area contributed by atoms with Crippen LogP contribution in [0.2, 0.25) is 0 Å². The van der Waals surface area contributed by atoms with E-state index in [2.05, 4.69) is 74.5 Å². The van der Waals surface area contributed by atoms with Crippen molar-refractivity contribution < 1.29 is 10.2 Å². The number of hydrogen-bond acceptors (Lipinski definition) is 2. The summed E-state index contributed by atoms with van der Waals surface area (Å²) in [6.45, 7) is 4.27. The van der Waals surface area contributed by atoms with Gasteiger partial charge >= 0.3 is 0 Å². The molecule has 0 atom stereocenters. The number of aromatic hydroxyl groups is 2. The first-order valence-corrected chi connectivity index (χ1v) is 13.8. The van der Waals surface area contributed by atoms with Crippen molar-refractivity contribution in [2.24, 2.45) is 0 Å². The summed E-state index contributed by atoms with van der Waals surface area (Å²) in [5.74, 6) is 0.385. The van der Waals surface area contributed by atoms with Gasteiger partial charge in [-0.3, -0.25) is 0 Å². The predicted octanol–water partition coefficient (Wildman–Crippen LogP) is 7.45. The van der Waals surface area contributed by atoms with Crippen LogP contribution in [0.25, 0.3) is 32.7 Å². The third-order valence-corrected chi connectivity index (χ3v) is 9.90. The van der Waals surface area contributed by atoms with Crippen LogP contribution in [0.15, 0.2) is 115 Å². The van der Waals surface area contributed by atoms with E-state index < -0.39 is 7.92 Å². The quantitative estimate of drug-likeness (QED) is 0.248. The Kier molecular flexibility index (Phi) is 5.91. The van der Waals surface area contributed by atoms with Crippen molar-refractivity contribution in [3.63, 3.8) is 0 Å². The number of hydrogen-bond donors (Lipinski definition) is 2. The zero-order valence-electron chi connectivity index (χ0n) is 20.8. The summed E-state index contributed by atoms with van der Waals surface area (Å²) in [7, 11) is -1.07. The van der Waals surface area contributed by atoms with Gasteiger partial charge in [0.15, 0.2) is 0 Å². The van der Waals surface area contributed by atoms with E-state index in [1.54, 1.807) is 6.07 Å². The normalized spacial score (nSPS) is 11.4. The van der Waals surface area contributed by atoms with Crippen LogP contribution in [0.4, 0.5) is 0 Å². The number of fused-ring (bicyclic) bond motifs is 2. The van der Waals surface area contributed by atoms with E-state index in [0.717, 1.165) is 26.8 Å². The Balaban J connectivity index is 1.76. The lowest BCUT2D eigenvalue weighted by Crippen LogP contribution is -2.24. The van der Waals surface area contributed by atoms with E-state index in [4.69, 9.17) is 0 Å². The van der Waals surface area contributed by atoms with Gasteiger partial charge in [0, 0.05) is 16.4 Å². The average Bonchev–Trinajstić information content (AvgIpc) is 2.92. The number of phenolic OH excluding ortho intramolecular Hbond substituents is 2. The Morgan fingerprint density at radius 1 is 0.486 bits per heavy atom. The molecule has 0 fully saturated rings. The third-order valence-electron chi connectivity index (χ3n) is 7.11. The highest BCUT2D eigenvalue weighted by Gasteiger charge is 2.27. The number of benzene rings is 6. The van der Waals surface area contributed by atoms with Crippen molar-refractivity contribution in [3.8, 4) is 22.6 Å². The zero-order valence-corrected chi connectivity index (χ0v) is 21.7. The van der Waals surface area contributed by atoms with Crippen LogP contribution in [0.5, 0.6) is 11.5 Å². The number of phenols is 2. The van der Waals surface area contributed by atoms with Crippen LogP contribution in [0.1, 0.15) is 11.1 Å². The fourth-order valence-electron chi connectivity index (χ4n) is 5.29. The molecular weight excluding hydrogens is 471 g/mol. The summed E-state index contributed by atoms with van der Waals surface area (Å²) in [4.78, 5) is 0. The van der Waals surface area contributed by atoms with Gasteiger partial charge in [-0.25, -0.2) is 0 Å². The van der Waals surface area contributed by atoms with Crippen molar-refractivity contribution in [2.45, 2.75) is 13.8 Å². The molecule has 6 aromatic rings. The van der Waals surface area contributed by atoms with E-state index in [0.29, 0.717) is 11.1 Å². The summed E-state index contributed by atoms with van der Waals surface area (Å²) in [5.41, 5.74) is 3.73. The lowest BCUT2D eigenvalue weighted by atomic mass is 9.92. The lowest BCUT2D eigenvalue weighted by molar-refractivity contribution is 0.472. The monoisotopic (exact) mass is 498 g/mol. The molecule has 6 aromatic carbocycles. The molecule has 0 aliphatic heterocycles. The maximum absolute atomic E-state index is 12.2. The Bertz CT molecular complexity index is 1740. The average molecular weight is 499 g/mol. The van der Waals surface area contributed by atoms with Crippen LogP contribution in [0, 0.1) is 13.8 Å². The second-order valence-corrected chi connectivity index (χ2v) is 11.5. The molecule has 0 spiro atoms. The fraction of sp³-hybridized carbons (Fsp3) is 0.0588. The Morgan fingerprint density at radius 3 is 1.62 bits per heavy atom. The first kappa shape index (κ1) is 23.3. The predicted molar refractivity (Wildman–Crippen MR) is 158 cm³/mol. The zero-order chi connectivity index (χ0) is 25.5. The lowest BCUT2D eigenvalue weighted by Gasteiger charge is -2.26. The van der Waals surface area contributed by atoms with Gasteiger partial charge in [-0.2, -0.15) is 0 Å². The first-order valence-electron chi connectivity index (χ1n) is 12.4. The maximum Gasteiger partial charge on any atom is 0.132 e. The van der Waals surface area contributed by atoms with Crippen LogP contribution < -0.4 is 15.9 Å². The van der Waals surface area contributed by atoms with Gasteiger partial charge < -0.3 is 10.2 Å². The Hall–Kier alpha value is -4.13.